The zero-order valence-corrected chi connectivity index (χ0v) is 35.7. The van der Waals surface area contributed by atoms with Crippen molar-refractivity contribution >= 4 is 55.3 Å². The van der Waals surface area contributed by atoms with Crippen LogP contribution in [0.4, 0.5) is 4.79 Å². The van der Waals surface area contributed by atoms with Gasteiger partial charge in [0.1, 0.15) is 23.5 Å². The van der Waals surface area contributed by atoms with Crippen molar-refractivity contribution < 1.29 is 50.6 Å². The van der Waals surface area contributed by atoms with Crippen LogP contribution in [0.15, 0.2) is 58.3 Å². The van der Waals surface area contributed by atoms with Crippen LogP contribution in [0.1, 0.15) is 90.2 Å². The summed E-state index contributed by atoms with van der Waals surface area (Å²) >= 11 is 5.50. The molecule has 2 aromatic carbocycles. The Morgan fingerprint density at radius 2 is 1.23 bits per heavy atom. The Labute approximate surface area is 341 Å². The Balaban J connectivity index is 0.000000321. The number of alkyl carbamates (subject to hydrolysis) is 1. The van der Waals surface area contributed by atoms with Crippen molar-refractivity contribution in [1.82, 2.24) is 16.0 Å². The number of hydrogen-bond donors (Lipinski definition) is 4. The molecule has 318 valence electrons. The molecule has 2 fully saturated rings. The summed E-state index contributed by atoms with van der Waals surface area (Å²) in [5.74, 6) is -2.88. The van der Waals surface area contributed by atoms with E-state index in [2.05, 4.69) is 20.8 Å². The first-order valence-corrected chi connectivity index (χ1v) is 22.5. The van der Waals surface area contributed by atoms with Crippen LogP contribution in [0.2, 0.25) is 0 Å². The lowest BCUT2D eigenvalue weighted by molar-refractivity contribution is -0.156. The number of esters is 1. The van der Waals surface area contributed by atoms with Gasteiger partial charge in [-0.05, 0) is 77.1 Å². The maximum atomic E-state index is 13.0. The van der Waals surface area contributed by atoms with Crippen LogP contribution in [0.5, 0.6) is 0 Å². The topological polar surface area (TPSA) is 225 Å². The molecule has 15 nitrogen and oxygen atoms in total. The van der Waals surface area contributed by atoms with Crippen LogP contribution in [-0.2, 0) is 43.5 Å². The molecule has 0 spiro atoms. The minimum absolute atomic E-state index is 0.0651. The predicted molar refractivity (Wildman–Crippen MR) is 214 cm³/mol. The number of halogens is 1. The molecule has 3 amide bonds. The molecule has 0 aliphatic heterocycles. The Hall–Kier alpha value is -3.77. The van der Waals surface area contributed by atoms with Gasteiger partial charge >= 0.3 is 12.1 Å². The van der Waals surface area contributed by atoms with E-state index in [1.165, 1.54) is 24.3 Å². The summed E-state index contributed by atoms with van der Waals surface area (Å²) in [6.45, 7) is 9.96. The number of aliphatic hydroxyl groups is 1. The van der Waals surface area contributed by atoms with E-state index in [0.717, 1.165) is 56.6 Å². The number of aliphatic hydroxyl groups excluding tert-OH is 1. The molecule has 4 N–H and O–H groups in total. The van der Waals surface area contributed by atoms with E-state index in [9.17, 15) is 41.1 Å². The average Bonchev–Trinajstić information content (AvgIpc) is 3.09. The third kappa shape index (κ3) is 15.8. The van der Waals surface area contributed by atoms with Crippen molar-refractivity contribution in [3.05, 3.63) is 64.5 Å². The number of sulfone groups is 2. The van der Waals surface area contributed by atoms with Crippen LogP contribution in [-0.4, -0.2) is 87.5 Å². The molecular formula is C39H56ClN4O11S2-. The van der Waals surface area contributed by atoms with Gasteiger partial charge < -0.3 is 35.4 Å². The molecule has 0 aromatic heterocycles. The third-order valence-corrected chi connectivity index (χ3v) is 12.9. The van der Waals surface area contributed by atoms with E-state index >= 15 is 0 Å². The normalized spacial score (nSPS) is 16.8. The molecular weight excluding hydrogens is 800 g/mol. The van der Waals surface area contributed by atoms with Gasteiger partial charge in [0.15, 0.2) is 25.8 Å². The molecule has 4 rings (SSSR count). The fourth-order valence-electron chi connectivity index (χ4n) is 5.96. The molecule has 57 heavy (non-hydrogen) atoms. The molecule has 4 atom stereocenters. The number of hydrogen-bond acceptors (Lipinski definition) is 11. The summed E-state index contributed by atoms with van der Waals surface area (Å²) in [6, 6.07) is 11.0. The van der Waals surface area contributed by atoms with Gasteiger partial charge in [-0.2, -0.15) is 0 Å². The number of carbonyl (C=O) groups excluding carboxylic acids is 4. The van der Waals surface area contributed by atoms with E-state index in [1.54, 1.807) is 45.0 Å². The zero-order valence-electron chi connectivity index (χ0n) is 33.3. The van der Waals surface area contributed by atoms with E-state index in [-0.39, 0.29) is 15.7 Å². The van der Waals surface area contributed by atoms with Crippen LogP contribution in [0, 0.1) is 25.7 Å². The Kier molecular flexibility index (Phi) is 17.8. The molecule has 0 bridgehead atoms. The summed E-state index contributed by atoms with van der Waals surface area (Å²) in [6.07, 6.45) is 3.46. The number of benzene rings is 2. The highest BCUT2D eigenvalue weighted by molar-refractivity contribution is 7.91. The standard InChI is InChI=1S/C23H34N2O7S.C16H22ClN2O4S/c1-15-9-11-18(12-10-15)33(29,30)14-24-21(27)20(31-16(2)26)19(13-17-7-6-8-17)25-22(28)32-23(3,4)5;1-11-5-7-13(8-6-11)24(22,23)10-18-16(21)15(20)14(19-17)9-12-3-2-4-12/h9-12,17,19-20H,6-8,13-14H2,1-5H3,(H,24,27)(H,25,28);5-8,12,14-15,20H,2-4,9-10H2,1H3,(H,18,21)/q;-1. The largest absolute Gasteiger partial charge is 0.570 e. The molecule has 2 aliphatic carbocycles. The number of carbonyl (C=O) groups is 4. The van der Waals surface area contributed by atoms with E-state index < -0.39 is 85.2 Å². The van der Waals surface area contributed by atoms with Crippen LogP contribution in [0.25, 0.3) is 4.84 Å². The summed E-state index contributed by atoms with van der Waals surface area (Å²) in [5, 5.41) is 17.3. The third-order valence-electron chi connectivity index (χ3n) is 9.62. The van der Waals surface area contributed by atoms with E-state index in [4.69, 9.17) is 21.3 Å². The van der Waals surface area contributed by atoms with Crippen LogP contribution >= 0.6 is 11.8 Å². The second kappa shape index (κ2) is 21.3. The highest BCUT2D eigenvalue weighted by Crippen LogP contribution is 2.34. The highest BCUT2D eigenvalue weighted by Gasteiger charge is 2.37. The van der Waals surface area contributed by atoms with Gasteiger partial charge in [0.25, 0.3) is 5.91 Å². The summed E-state index contributed by atoms with van der Waals surface area (Å²) in [7, 11) is -7.47. The van der Waals surface area contributed by atoms with E-state index in [0.29, 0.717) is 18.8 Å². The maximum absolute atomic E-state index is 13.0. The second-order valence-electron chi connectivity index (χ2n) is 15.7. The van der Waals surface area contributed by atoms with Gasteiger partial charge in [-0.25, -0.2) is 21.6 Å². The van der Waals surface area contributed by atoms with Gasteiger partial charge in [0, 0.05) is 6.92 Å². The fourth-order valence-corrected chi connectivity index (χ4v) is 8.25. The quantitative estimate of drug-likeness (QED) is 0.152. The average molecular weight is 856 g/mol. The molecule has 2 aliphatic rings. The van der Waals surface area contributed by atoms with Gasteiger partial charge in [0.05, 0.1) is 15.8 Å². The Morgan fingerprint density at radius 1 is 0.789 bits per heavy atom. The summed E-state index contributed by atoms with van der Waals surface area (Å²) < 4.78 is 60.2. The first-order valence-electron chi connectivity index (χ1n) is 18.9. The monoisotopic (exact) mass is 855 g/mol. The number of ether oxygens (including phenoxy) is 2. The van der Waals surface area contributed by atoms with E-state index in [1.807, 2.05) is 13.8 Å². The summed E-state index contributed by atoms with van der Waals surface area (Å²) in [4.78, 5) is 52.9. The molecule has 2 saturated carbocycles. The molecule has 0 radical (unpaired) electrons. The first-order chi connectivity index (χ1) is 26.6. The lowest BCUT2D eigenvalue weighted by Crippen LogP contribution is -2.54. The number of nitrogens with one attached hydrogen (secondary N) is 3. The Bertz CT molecular complexity index is 1880. The van der Waals surface area contributed by atoms with Crippen LogP contribution < -0.4 is 16.0 Å². The first kappa shape index (κ1) is 47.6. The lowest BCUT2D eigenvalue weighted by Gasteiger charge is -2.37. The minimum Gasteiger partial charge on any atom is -0.570 e. The number of amides is 3. The van der Waals surface area contributed by atoms with Gasteiger partial charge in [-0.15, -0.1) is 0 Å². The highest BCUT2D eigenvalue weighted by atomic mass is 35.5. The minimum atomic E-state index is -3.81. The molecule has 0 heterocycles. The smallest absolute Gasteiger partial charge is 0.408 e. The maximum Gasteiger partial charge on any atom is 0.408 e. The van der Waals surface area contributed by atoms with Crippen molar-refractivity contribution in [2.24, 2.45) is 11.8 Å². The van der Waals surface area contributed by atoms with Crippen molar-refractivity contribution in [3.8, 4) is 0 Å². The van der Waals surface area contributed by atoms with Crippen molar-refractivity contribution in [2.75, 3.05) is 11.8 Å². The molecule has 4 unspecified atom stereocenters. The second-order valence-corrected chi connectivity index (χ2v) is 19.9. The lowest BCUT2D eigenvalue weighted by atomic mass is 9.80. The van der Waals surface area contributed by atoms with Gasteiger partial charge in [-0.1, -0.05) is 86.4 Å². The van der Waals surface area contributed by atoms with Crippen molar-refractivity contribution in [2.45, 2.75) is 133 Å². The number of rotatable bonds is 17. The SMILES string of the molecule is CC(=O)OC(C(=O)NCS(=O)(=O)c1ccc(C)cc1)C(CC1CCC1)NC(=O)OC(C)(C)C.Cc1ccc(S(=O)(=O)CNC(=O)C(O)C(CC2CCC2)[N-]Cl)cc1. The fraction of sp³-hybridized carbons (Fsp3) is 0.590. The molecule has 0 saturated heterocycles. The zero-order chi connectivity index (χ0) is 42.6. The summed E-state index contributed by atoms with van der Waals surface area (Å²) in [5.41, 5.74) is 1.09. The van der Waals surface area contributed by atoms with Crippen LogP contribution in [0.3, 0.4) is 0 Å². The predicted octanol–water partition coefficient (Wildman–Crippen LogP) is 5.15. The van der Waals surface area contributed by atoms with Crippen molar-refractivity contribution in [1.29, 1.82) is 0 Å². The van der Waals surface area contributed by atoms with Crippen molar-refractivity contribution in [3.63, 3.8) is 0 Å². The molecule has 2 aromatic rings. The molecule has 18 heteroatoms. The number of nitrogens with zero attached hydrogens (tertiary/aromatic N) is 1. The van der Waals surface area contributed by atoms with Gasteiger partial charge in [-0.3, -0.25) is 26.2 Å². The number of aryl methyl sites for hydroxylation is 2. The van der Waals surface area contributed by atoms with Gasteiger partial charge in [0.2, 0.25) is 5.91 Å². The Morgan fingerprint density at radius 3 is 1.61 bits per heavy atom.